The largest absolute Gasteiger partial charge is 0.389 e. The molecule has 0 fully saturated rings. The van der Waals surface area contributed by atoms with Crippen LogP contribution in [-0.4, -0.2) is 26.9 Å². The lowest BCUT2D eigenvalue weighted by molar-refractivity contribution is -0.133. The van der Waals surface area contributed by atoms with Crippen molar-refractivity contribution in [3.8, 4) is 10.6 Å². The van der Waals surface area contributed by atoms with Crippen molar-refractivity contribution in [3.63, 3.8) is 0 Å². The zero-order valence-corrected chi connectivity index (χ0v) is 16.3. The van der Waals surface area contributed by atoms with Gasteiger partial charge in [0.25, 0.3) is 0 Å². The van der Waals surface area contributed by atoms with Crippen molar-refractivity contribution >= 4 is 28.5 Å². The van der Waals surface area contributed by atoms with Crippen LogP contribution in [0.5, 0.6) is 0 Å². The second-order valence-electron chi connectivity index (χ2n) is 6.03. The van der Waals surface area contributed by atoms with Crippen molar-refractivity contribution in [1.29, 1.82) is 0 Å². The standard InChI is InChI=1S/C18H16F3N3OS2/c1-10-17(27-11(2)23-10)14-9-26-16(24-14)7-13-4-3-12(8-22-13)15(25)5-6-18(19,20)21/h3-4,8-9H,5-7H2,1-2H3. The monoisotopic (exact) mass is 411 g/mol. The van der Waals surface area contributed by atoms with Gasteiger partial charge < -0.3 is 0 Å². The highest BCUT2D eigenvalue weighted by atomic mass is 32.1. The minimum atomic E-state index is -4.33. The molecule has 0 aliphatic heterocycles. The number of carbonyl (C=O) groups is 1. The Morgan fingerprint density at radius 2 is 1.96 bits per heavy atom. The number of aromatic nitrogens is 3. The highest BCUT2D eigenvalue weighted by Crippen LogP contribution is 2.31. The zero-order chi connectivity index (χ0) is 19.6. The average molecular weight is 411 g/mol. The van der Waals surface area contributed by atoms with Gasteiger partial charge >= 0.3 is 6.18 Å². The molecular formula is C18H16F3N3OS2. The van der Waals surface area contributed by atoms with Crippen molar-refractivity contribution in [1.82, 2.24) is 15.0 Å². The molecule has 0 aliphatic carbocycles. The Hall–Kier alpha value is -2.13. The fourth-order valence-electron chi connectivity index (χ4n) is 2.51. The summed E-state index contributed by atoms with van der Waals surface area (Å²) < 4.78 is 36.6. The SMILES string of the molecule is Cc1nc(C)c(-c2csc(Cc3ccc(C(=O)CCC(F)(F)F)cn3)n2)s1. The number of rotatable bonds is 6. The summed E-state index contributed by atoms with van der Waals surface area (Å²) in [7, 11) is 0. The number of hydrogen-bond donors (Lipinski definition) is 0. The lowest BCUT2D eigenvalue weighted by Gasteiger charge is -2.05. The van der Waals surface area contributed by atoms with Crippen molar-refractivity contribution < 1.29 is 18.0 Å². The van der Waals surface area contributed by atoms with Crippen LogP contribution < -0.4 is 0 Å². The van der Waals surface area contributed by atoms with Crippen molar-refractivity contribution in [2.24, 2.45) is 0 Å². The van der Waals surface area contributed by atoms with E-state index in [0.717, 1.165) is 26.3 Å². The van der Waals surface area contributed by atoms with E-state index >= 15 is 0 Å². The molecule has 0 N–H and O–H groups in total. The van der Waals surface area contributed by atoms with E-state index in [2.05, 4.69) is 15.0 Å². The highest BCUT2D eigenvalue weighted by molar-refractivity contribution is 7.15. The Labute approximate surface area is 162 Å². The number of halogens is 3. The molecule has 0 atom stereocenters. The molecule has 27 heavy (non-hydrogen) atoms. The van der Waals surface area contributed by atoms with Crippen LogP contribution in [0.2, 0.25) is 0 Å². The molecule has 0 saturated carbocycles. The van der Waals surface area contributed by atoms with Gasteiger partial charge in [0.2, 0.25) is 0 Å². The minimum Gasteiger partial charge on any atom is -0.294 e. The molecule has 0 bridgehead atoms. The zero-order valence-electron chi connectivity index (χ0n) is 14.6. The first-order chi connectivity index (χ1) is 12.7. The Kier molecular flexibility index (Phi) is 5.71. The number of alkyl halides is 3. The van der Waals surface area contributed by atoms with E-state index < -0.39 is 24.8 Å². The number of pyridine rings is 1. The van der Waals surface area contributed by atoms with E-state index in [4.69, 9.17) is 0 Å². The number of aryl methyl sites for hydroxylation is 2. The summed E-state index contributed by atoms with van der Waals surface area (Å²) in [5, 5.41) is 3.84. The van der Waals surface area contributed by atoms with Gasteiger partial charge in [-0.25, -0.2) is 9.97 Å². The fraction of sp³-hybridized carbons (Fsp3) is 0.333. The van der Waals surface area contributed by atoms with Crippen molar-refractivity contribution in [3.05, 3.63) is 50.7 Å². The highest BCUT2D eigenvalue weighted by Gasteiger charge is 2.28. The summed E-state index contributed by atoms with van der Waals surface area (Å²) >= 11 is 3.11. The number of carbonyl (C=O) groups excluding carboxylic acids is 1. The molecule has 0 saturated heterocycles. The summed E-state index contributed by atoms with van der Waals surface area (Å²) in [5.74, 6) is -0.557. The van der Waals surface area contributed by atoms with Gasteiger partial charge in [-0.1, -0.05) is 0 Å². The van der Waals surface area contributed by atoms with E-state index in [1.54, 1.807) is 17.4 Å². The van der Waals surface area contributed by atoms with Gasteiger partial charge in [-0.15, -0.1) is 22.7 Å². The molecule has 9 heteroatoms. The third kappa shape index (κ3) is 5.20. The Morgan fingerprint density at radius 1 is 1.19 bits per heavy atom. The summed E-state index contributed by atoms with van der Waals surface area (Å²) in [5.41, 5.74) is 2.74. The van der Waals surface area contributed by atoms with Gasteiger partial charge in [-0.05, 0) is 26.0 Å². The van der Waals surface area contributed by atoms with Crippen LogP contribution in [0, 0.1) is 13.8 Å². The maximum Gasteiger partial charge on any atom is 0.389 e. The van der Waals surface area contributed by atoms with E-state index in [1.807, 2.05) is 19.2 Å². The van der Waals surface area contributed by atoms with E-state index in [-0.39, 0.29) is 5.56 Å². The van der Waals surface area contributed by atoms with Gasteiger partial charge in [-0.2, -0.15) is 13.2 Å². The lowest BCUT2D eigenvalue weighted by Crippen LogP contribution is -2.11. The van der Waals surface area contributed by atoms with Gasteiger partial charge in [-0.3, -0.25) is 9.78 Å². The van der Waals surface area contributed by atoms with Crippen LogP contribution in [0.3, 0.4) is 0 Å². The van der Waals surface area contributed by atoms with Gasteiger partial charge in [0.1, 0.15) is 0 Å². The second-order valence-corrected chi connectivity index (χ2v) is 8.17. The van der Waals surface area contributed by atoms with Gasteiger partial charge in [0.05, 0.1) is 32.7 Å². The van der Waals surface area contributed by atoms with Crippen molar-refractivity contribution in [2.45, 2.75) is 39.3 Å². The summed E-state index contributed by atoms with van der Waals surface area (Å²) in [4.78, 5) is 26.1. The van der Waals surface area contributed by atoms with Gasteiger partial charge in [0.15, 0.2) is 5.78 Å². The number of thiazole rings is 2. The molecule has 142 valence electrons. The first-order valence-electron chi connectivity index (χ1n) is 8.15. The van der Waals surface area contributed by atoms with E-state index in [9.17, 15) is 18.0 Å². The van der Waals surface area contributed by atoms with Crippen molar-refractivity contribution in [2.75, 3.05) is 0 Å². The minimum absolute atomic E-state index is 0.193. The normalized spacial score (nSPS) is 11.7. The first kappa shape index (κ1) is 19.6. The fourth-order valence-corrected chi connectivity index (χ4v) is 4.27. The number of Topliss-reactive ketones (excluding diaryl/α,β-unsaturated/α-hetero) is 1. The predicted octanol–water partition coefficient (Wildman–Crippen LogP) is 5.39. The molecule has 3 aromatic heterocycles. The maximum atomic E-state index is 12.2. The van der Waals surface area contributed by atoms with Crippen LogP contribution in [0.25, 0.3) is 10.6 Å². The summed E-state index contributed by atoms with van der Waals surface area (Å²) in [6.45, 7) is 3.91. The molecule has 3 heterocycles. The average Bonchev–Trinajstić information content (AvgIpc) is 3.18. The molecular weight excluding hydrogens is 395 g/mol. The summed E-state index contributed by atoms with van der Waals surface area (Å²) in [6, 6.07) is 3.18. The van der Waals surface area contributed by atoms with Crippen LogP contribution in [0.1, 0.15) is 44.6 Å². The second kappa shape index (κ2) is 7.85. The smallest absolute Gasteiger partial charge is 0.294 e. The van der Waals surface area contributed by atoms with Crippen LogP contribution in [-0.2, 0) is 6.42 Å². The topological polar surface area (TPSA) is 55.7 Å². The van der Waals surface area contributed by atoms with E-state index in [0.29, 0.717) is 12.1 Å². The molecule has 4 nitrogen and oxygen atoms in total. The number of ketones is 1. The van der Waals surface area contributed by atoms with Crippen LogP contribution >= 0.6 is 22.7 Å². The number of nitrogens with zero attached hydrogens (tertiary/aromatic N) is 3. The van der Waals surface area contributed by atoms with Crippen LogP contribution in [0.15, 0.2) is 23.7 Å². The maximum absolute atomic E-state index is 12.2. The lowest BCUT2D eigenvalue weighted by atomic mass is 10.1. The molecule has 3 aromatic rings. The first-order valence-corrected chi connectivity index (χ1v) is 9.84. The molecule has 0 unspecified atom stereocenters. The Balaban J connectivity index is 1.65. The third-order valence-electron chi connectivity index (χ3n) is 3.80. The molecule has 0 aromatic carbocycles. The summed E-state index contributed by atoms with van der Waals surface area (Å²) in [6.07, 6.45) is -4.18. The van der Waals surface area contributed by atoms with Crippen LogP contribution in [0.4, 0.5) is 13.2 Å². The molecule has 3 rings (SSSR count). The Bertz CT molecular complexity index is 946. The third-order valence-corrected chi connectivity index (χ3v) is 5.75. The molecule has 0 aliphatic rings. The molecule has 0 radical (unpaired) electrons. The van der Waals surface area contributed by atoms with E-state index in [1.165, 1.54) is 23.6 Å². The molecule has 0 amide bonds. The quantitative estimate of drug-likeness (QED) is 0.510. The van der Waals surface area contributed by atoms with Gasteiger partial charge in [0, 0.05) is 35.7 Å². The number of hydrogen-bond acceptors (Lipinski definition) is 6. The molecule has 0 spiro atoms. The Morgan fingerprint density at radius 3 is 2.56 bits per heavy atom. The predicted molar refractivity (Wildman–Crippen MR) is 99.4 cm³/mol.